The van der Waals surface area contributed by atoms with E-state index in [9.17, 15) is 0 Å². The molecule has 3 aromatic heterocycles. The van der Waals surface area contributed by atoms with Crippen molar-refractivity contribution in [1.29, 1.82) is 0 Å². The van der Waals surface area contributed by atoms with Crippen LogP contribution in [0.3, 0.4) is 0 Å². The third kappa shape index (κ3) is 4.75. The van der Waals surface area contributed by atoms with Crippen molar-refractivity contribution in [2.24, 2.45) is 0 Å². The van der Waals surface area contributed by atoms with Crippen LogP contribution in [0.4, 0.5) is 10.9 Å². The summed E-state index contributed by atoms with van der Waals surface area (Å²) in [6.07, 6.45) is 1.69. The lowest BCUT2D eigenvalue weighted by atomic mass is 10.2. The molecule has 0 bridgehead atoms. The number of benzene rings is 1. The van der Waals surface area contributed by atoms with Crippen LogP contribution in [0.25, 0.3) is 10.6 Å². The molecule has 0 aliphatic carbocycles. The normalized spacial score (nSPS) is 12.0. The minimum atomic E-state index is -0.123. The fourth-order valence-electron chi connectivity index (χ4n) is 2.82. The smallest absolute Gasteiger partial charge is 0.188 e. The van der Waals surface area contributed by atoms with Gasteiger partial charge in [0, 0.05) is 22.2 Å². The van der Waals surface area contributed by atoms with Crippen LogP contribution in [-0.2, 0) is 0 Å². The quantitative estimate of drug-likeness (QED) is 0.355. The van der Waals surface area contributed by atoms with Gasteiger partial charge in [0.25, 0.3) is 0 Å². The molecule has 1 N–H and O–H groups in total. The van der Waals surface area contributed by atoms with Crippen LogP contribution in [0.15, 0.2) is 48.0 Å². The molecule has 0 saturated heterocycles. The van der Waals surface area contributed by atoms with Gasteiger partial charge in [-0.15, -0.1) is 22.7 Å². The van der Waals surface area contributed by atoms with Crippen LogP contribution in [0.1, 0.15) is 29.3 Å². The van der Waals surface area contributed by atoms with Crippen LogP contribution < -0.4 is 10.1 Å². The van der Waals surface area contributed by atoms with E-state index in [-0.39, 0.29) is 6.10 Å². The summed E-state index contributed by atoms with van der Waals surface area (Å²) in [5.41, 5.74) is 2.95. The molecule has 0 unspecified atom stereocenters. The molecule has 3 heterocycles. The number of hydrogen-bond acceptors (Lipinski definition) is 7. The summed E-state index contributed by atoms with van der Waals surface area (Å²) in [6.45, 7) is 6.01. The lowest BCUT2D eigenvalue weighted by Gasteiger charge is -2.15. The van der Waals surface area contributed by atoms with E-state index >= 15 is 0 Å². The second-order valence-electron chi connectivity index (χ2n) is 6.50. The van der Waals surface area contributed by atoms with Crippen molar-refractivity contribution in [2.45, 2.75) is 26.9 Å². The zero-order valence-corrected chi connectivity index (χ0v) is 18.5. The van der Waals surface area contributed by atoms with Gasteiger partial charge in [-0.05, 0) is 51.1 Å². The van der Waals surface area contributed by atoms with Crippen molar-refractivity contribution >= 4 is 45.2 Å². The number of ether oxygens (including phenoxy) is 1. The number of pyridine rings is 1. The molecule has 1 aromatic carbocycles. The van der Waals surface area contributed by atoms with Crippen molar-refractivity contribution in [2.75, 3.05) is 5.32 Å². The van der Waals surface area contributed by atoms with Crippen molar-refractivity contribution in [3.05, 3.63) is 69.3 Å². The number of nitrogens with one attached hydrogen (secondary N) is 1. The van der Waals surface area contributed by atoms with Gasteiger partial charge < -0.3 is 10.1 Å². The predicted molar refractivity (Wildman–Crippen MR) is 121 cm³/mol. The number of aryl methyl sites for hydroxylation is 2. The molecule has 0 saturated carbocycles. The highest BCUT2D eigenvalue weighted by molar-refractivity contribution is 7.16. The molecular weight excluding hydrogens is 424 g/mol. The molecule has 8 heteroatoms. The molecular formula is C21H19ClN4OS2. The third-order valence-corrected chi connectivity index (χ3v) is 6.36. The van der Waals surface area contributed by atoms with Gasteiger partial charge in [0.15, 0.2) is 5.13 Å². The molecule has 29 heavy (non-hydrogen) atoms. The summed E-state index contributed by atoms with van der Waals surface area (Å²) in [5.74, 6) is 1.51. The maximum atomic E-state index is 5.94. The van der Waals surface area contributed by atoms with Gasteiger partial charge in [0.1, 0.15) is 17.7 Å². The van der Waals surface area contributed by atoms with Gasteiger partial charge in [0.2, 0.25) is 0 Å². The lowest BCUT2D eigenvalue weighted by Crippen LogP contribution is -2.04. The fourth-order valence-corrected chi connectivity index (χ4v) is 4.61. The fraction of sp³-hybridized carbons (Fsp3) is 0.190. The summed E-state index contributed by atoms with van der Waals surface area (Å²) < 4.78 is 5.94. The molecule has 4 aromatic rings. The summed E-state index contributed by atoms with van der Waals surface area (Å²) in [7, 11) is 0. The molecule has 0 fully saturated rings. The number of hydrogen-bond donors (Lipinski definition) is 1. The van der Waals surface area contributed by atoms with E-state index in [0.717, 1.165) is 43.5 Å². The Balaban J connectivity index is 1.42. The zero-order valence-electron chi connectivity index (χ0n) is 16.1. The Morgan fingerprint density at radius 2 is 1.86 bits per heavy atom. The average molecular weight is 443 g/mol. The first kappa shape index (κ1) is 19.8. The molecule has 0 spiro atoms. The highest BCUT2D eigenvalue weighted by atomic mass is 35.5. The molecule has 0 amide bonds. The van der Waals surface area contributed by atoms with E-state index in [1.54, 1.807) is 22.7 Å². The van der Waals surface area contributed by atoms with E-state index in [2.05, 4.69) is 20.3 Å². The molecule has 0 aliphatic heterocycles. The number of aromatic nitrogens is 3. The standard InChI is InChI=1S/C21H19ClN4OS2/c1-12-20(29-14(3)24-12)18-11-28-21(25-18)26-19-9-4-15(10-23-19)13(2)27-17-7-5-16(22)6-8-17/h4-11,13H,1-3H3,(H,23,25,26)/t13-/m1/s1. The summed E-state index contributed by atoms with van der Waals surface area (Å²) >= 11 is 9.13. The molecule has 0 radical (unpaired) electrons. The van der Waals surface area contributed by atoms with Crippen molar-refractivity contribution in [3.63, 3.8) is 0 Å². The Morgan fingerprint density at radius 1 is 1.07 bits per heavy atom. The molecule has 5 nitrogen and oxygen atoms in total. The number of anilines is 2. The lowest BCUT2D eigenvalue weighted by molar-refractivity contribution is 0.226. The molecule has 4 rings (SSSR count). The van der Waals surface area contributed by atoms with E-state index in [1.807, 2.05) is 68.7 Å². The zero-order chi connectivity index (χ0) is 20.4. The van der Waals surface area contributed by atoms with Crippen LogP contribution in [-0.4, -0.2) is 15.0 Å². The van der Waals surface area contributed by atoms with Crippen LogP contribution >= 0.6 is 34.3 Å². The van der Waals surface area contributed by atoms with Crippen molar-refractivity contribution < 1.29 is 4.74 Å². The van der Waals surface area contributed by atoms with E-state index < -0.39 is 0 Å². The highest BCUT2D eigenvalue weighted by Crippen LogP contribution is 2.33. The minimum Gasteiger partial charge on any atom is -0.486 e. The first-order valence-corrected chi connectivity index (χ1v) is 11.1. The van der Waals surface area contributed by atoms with Gasteiger partial charge in [-0.3, -0.25) is 0 Å². The maximum Gasteiger partial charge on any atom is 0.188 e. The van der Waals surface area contributed by atoms with E-state index in [0.29, 0.717) is 5.02 Å². The molecule has 0 aliphatic rings. The Kier molecular flexibility index (Phi) is 5.80. The largest absolute Gasteiger partial charge is 0.486 e. The number of nitrogens with zero attached hydrogens (tertiary/aromatic N) is 3. The second kappa shape index (κ2) is 8.49. The first-order chi connectivity index (χ1) is 14.0. The van der Waals surface area contributed by atoms with Gasteiger partial charge in [-0.25, -0.2) is 15.0 Å². The van der Waals surface area contributed by atoms with Crippen LogP contribution in [0.2, 0.25) is 5.02 Å². The van der Waals surface area contributed by atoms with Gasteiger partial charge in [-0.1, -0.05) is 17.7 Å². The Bertz CT molecular complexity index is 1110. The topological polar surface area (TPSA) is 59.9 Å². The van der Waals surface area contributed by atoms with Gasteiger partial charge in [0.05, 0.1) is 21.3 Å². The number of halogens is 1. The first-order valence-electron chi connectivity index (χ1n) is 9.03. The second-order valence-corrected chi connectivity index (χ2v) is 9.00. The SMILES string of the molecule is Cc1nc(C)c(-c2csc(Nc3ccc([C@@H](C)Oc4ccc(Cl)cc4)cn3)n2)s1. The number of rotatable bonds is 6. The number of thiazole rings is 2. The van der Waals surface area contributed by atoms with Crippen LogP contribution in [0, 0.1) is 13.8 Å². The highest BCUT2D eigenvalue weighted by Gasteiger charge is 2.12. The Labute approximate surface area is 182 Å². The summed E-state index contributed by atoms with van der Waals surface area (Å²) in [5, 5.41) is 7.85. The predicted octanol–water partition coefficient (Wildman–Crippen LogP) is 6.82. The molecule has 1 atom stereocenters. The Morgan fingerprint density at radius 3 is 2.52 bits per heavy atom. The molecule has 148 valence electrons. The average Bonchev–Trinajstić information content (AvgIpc) is 3.29. The monoisotopic (exact) mass is 442 g/mol. The van der Waals surface area contributed by atoms with Gasteiger partial charge in [-0.2, -0.15) is 0 Å². The van der Waals surface area contributed by atoms with Crippen molar-refractivity contribution in [1.82, 2.24) is 15.0 Å². The van der Waals surface area contributed by atoms with E-state index in [1.165, 1.54) is 0 Å². The third-order valence-electron chi connectivity index (χ3n) is 4.26. The maximum absolute atomic E-state index is 5.94. The van der Waals surface area contributed by atoms with Crippen LogP contribution in [0.5, 0.6) is 5.75 Å². The minimum absolute atomic E-state index is 0.123. The Hall–Kier alpha value is -2.48. The summed E-state index contributed by atoms with van der Waals surface area (Å²) in [4.78, 5) is 14.8. The van der Waals surface area contributed by atoms with Gasteiger partial charge >= 0.3 is 0 Å². The van der Waals surface area contributed by atoms with E-state index in [4.69, 9.17) is 16.3 Å². The van der Waals surface area contributed by atoms with Crippen molar-refractivity contribution in [3.8, 4) is 16.3 Å². The summed E-state index contributed by atoms with van der Waals surface area (Å²) in [6, 6.07) is 11.3.